The Hall–Kier alpha value is -2.63. The summed E-state index contributed by atoms with van der Waals surface area (Å²) in [7, 11) is 0. The number of carbonyl (C=O) groups excluding carboxylic acids is 3. The van der Waals surface area contributed by atoms with E-state index in [1.807, 2.05) is 10.6 Å². The summed E-state index contributed by atoms with van der Waals surface area (Å²) in [6.07, 6.45) is 8.72. The monoisotopic (exact) mass is 344 g/mol. The molecule has 4 amide bonds. The van der Waals surface area contributed by atoms with Gasteiger partial charge in [-0.25, -0.2) is 4.79 Å². The van der Waals surface area contributed by atoms with E-state index in [-0.39, 0.29) is 5.57 Å². The van der Waals surface area contributed by atoms with Crippen molar-refractivity contribution in [1.29, 1.82) is 0 Å². The number of urea groups is 1. The molecule has 0 atom stereocenters. The van der Waals surface area contributed by atoms with Gasteiger partial charge in [0, 0.05) is 0 Å². The van der Waals surface area contributed by atoms with Gasteiger partial charge in [-0.05, 0) is 30.2 Å². The molecule has 1 aliphatic rings. The highest BCUT2D eigenvalue weighted by Crippen LogP contribution is 2.16. The predicted molar refractivity (Wildman–Crippen MR) is 95.0 cm³/mol. The Bertz CT molecular complexity index is 628. The fourth-order valence-corrected chi connectivity index (χ4v) is 2.51. The first-order valence-electron chi connectivity index (χ1n) is 8.71. The predicted octanol–water partition coefficient (Wildman–Crippen LogP) is 3.18. The Morgan fingerprint density at radius 1 is 0.880 bits per heavy atom. The second kappa shape index (κ2) is 9.61. The highest BCUT2D eigenvalue weighted by Gasteiger charge is 2.27. The van der Waals surface area contributed by atoms with Crippen LogP contribution in [0.4, 0.5) is 4.79 Å². The van der Waals surface area contributed by atoms with Gasteiger partial charge in [0.1, 0.15) is 11.3 Å². The molecule has 1 heterocycles. The number of hydrogen-bond donors (Lipinski definition) is 2. The van der Waals surface area contributed by atoms with Crippen molar-refractivity contribution < 1.29 is 19.1 Å². The van der Waals surface area contributed by atoms with Crippen LogP contribution >= 0.6 is 0 Å². The van der Waals surface area contributed by atoms with E-state index in [9.17, 15) is 14.4 Å². The fraction of sp³-hybridized carbons (Fsp3) is 0.421. The Balaban J connectivity index is 1.81. The molecule has 1 aliphatic heterocycles. The lowest BCUT2D eigenvalue weighted by atomic mass is 10.1. The second-order valence-electron chi connectivity index (χ2n) is 5.98. The van der Waals surface area contributed by atoms with Crippen LogP contribution in [0.2, 0.25) is 0 Å². The Kier molecular flexibility index (Phi) is 7.19. The molecule has 2 rings (SSSR count). The molecule has 1 aromatic carbocycles. The van der Waals surface area contributed by atoms with Crippen LogP contribution in [0.25, 0.3) is 6.08 Å². The van der Waals surface area contributed by atoms with Crippen molar-refractivity contribution in [3.63, 3.8) is 0 Å². The summed E-state index contributed by atoms with van der Waals surface area (Å²) in [5.41, 5.74) is 0.585. The van der Waals surface area contributed by atoms with Gasteiger partial charge in [-0.2, -0.15) is 0 Å². The molecular weight excluding hydrogens is 320 g/mol. The van der Waals surface area contributed by atoms with Crippen molar-refractivity contribution in [1.82, 2.24) is 10.6 Å². The molecule has 0 spiro atoms. The molecule has 0 aromatic heterocycles. The molecule has 0 radical (unpaired) electrons. The van der Waals surface area contributed by atoms with Gasteiger partial charge in [-0.3, -0.25) is 20.2 Å². The molecule has 0 aliphatic carbocycles. The third-order valence-electron chi connectivity index (χ3n) is 3.90. The van der Waals surface area contributed by atoms with Crippen molar-refractivity contribution in [3.8, 4) is 5.75 Å². The van der Waals surface area contributed by atoms with Crippen LogP contribution in [0.1, 0.15) is 51.0 Å². The van der Waals surface area contributed by atoms with Gasteiger partial charge in [-0.1, -0.05) is 51.2 Å². The largest absolute Gasteiger partial charge is 0.494 e. The molecule has 6 nitrogen and oxygen atoms in total. The first-order valence-corrected chi connectivity index (χ1v) is 8.71. The van der Waals surface area contributed by atoms with E-state index in [1.165, 1.54) is 38.2 Å². The minimum Gasteiger partial charge on any atom is -0.494 e. The highest BCUT2D eigenvalue weighted by atomic mass is 16.5. The summed E-state index contributed by atoms with van der Waals surface area (Å²) < 4.78 is 5.69. The summed E-state index contributed by atoms with van der Waals surface area (Å²) in [5.74, 6) is -0.641. The lowest BCUT2D eigenvalue weighted by Crippen LogP contribution is -2.51. The number of imide groups is 2. The van der Waals surface area contributed by atoms with Gasteiger partial charge < -0.3 is 4.74 Å². The van der Waals surface area contributed by atoms with Crippen molar-refractivity contribution >= 4 is 23.9 Å². The van der Waals surface area contributed by atoms with Gasteiger partial charge in [0.25, 0.3) is 11.8 Å². The topological polar surface area (TPSA) is 84.5 Å². The molecule has 0 bridgehead atoms. The zero-order valence-electron chi connectivity index (χ0n) is 14.5. The van der Waals surface area contributed by atoms with Gasteiger partial charge >= 0.3 is 6.03 Å². The van der Waals surface area contributed by atoms with Gasteiger partial charge in [0.05, 0.1) is 6.61 Å². The van der Waals surface area contributed by atoms with E-state index in [0.717, 1.165) is 12.2 Å². The van der Waals surface area contributed by atoms with Crippen LogP contribution in [0, 0.1) is 0 Å². The van der Waals surface area contributed by atoms with E-state index in [2.05, 4.69) is 6.92 Å². The van der Waals surface area contributed by atoms with E-state index >= 15 is 0 Å². The maximum Gasteiger partial charge on any atom is 0.328 e. The Morgan fingerprint density at radius 3 is 2.12 bits per heavy atom. The summed E-state index contributed by atoms with van der Waals surface area (Å²) in [5, 5.41) is 4.08. The number of carbonyl (C=O) groups is 3. The lowest BCUT2D eigenvalue weighted by molar-refractivity contribution is -0.123. The van der Waals surface area contributed by atoms with Crippen LogP contribution in [0.5, 0.6) is 5.75 Å². The van der Waals surface area contributed by atoms with Crippen LogP contribution in [-0.4, -0.2) is 24.5 Å². The fourth-order valence-electron chi connectivity index (χ4n) is 2.51. The normalized spacial score (nSPS) is 14.1. The number of hydrogen-bond acceptors (Lipinski definition) is 4. The summed E-state index contributed by atoms with van der Waals surface area (Å²) in [6.45, 7) is 2.88. The maximum absolute atomic E-state index is 11.7. The van der Waals surface area contributed by atoms with Gasteiger partial charge in [0.15, 0.2) is 0 Å². The van der Waals surface area contributed by atoms with Crippen LogP contribution in [-0.2, 0) is 9.59 Å². The smallest absolute Gasteiger partial charge is 0.328 e. The first kappa shape index (κ1) is 18.7. The maximum atomic E-state index is 11.7. The minimum atomic E-state index is -0.800. The third kappa shape index (κ3) is 6.06. The SMILES string of the molecule is CCCCCCCCOc1ccc(C=C2C(=O)NC(=O)NC2=O)cc1. The zero-order valence-corrected chi connectivity index (χ0v) is 14.5. The van der Waals surface area contributed by atoms with Gasteiger partial charge in [0.2, 0.25) is 0 Å². The molecule has 0 unspecified atom stereocenters. The summed E-state index contributed by atoms with van der Waals surface area (Å²) >= 11 is 0. The number of benzene rings is 1. The lowest BCUT2D eigenvalue weighted by Gasteiger charge is -2.13. The molecule has 6 heteroatoms. The molecule has 2 N–H and O–H groups in total. The first-order chi connectivity index (χ1) is 12.1. The summed E-state index contributed by atoms with van der Waals surface area (Å²) in [6, 6.07) is 6.33. The van der Waals surface area contributed by atoms with E-state index in [1.54, 1.807) is 24.3 Å². The molecular formula is C19H24N2O4. The average Bonchev–Trinajstić information content (AvgIpc) is 2.58. The van der Waals surface area contributed by atoms with E-state index in [0.29, 0.717) is 12.2 Å². The Morgan fingerprint density at radius 2 is 1.48 bits per heavy atom. The number of barbiturate groups is 1. The van der Waals surface area contributed by atoms with Crippen LogP contribution in [0.15, 0.2) is 29.8 Å². The van der Waals surface area contributed by atoms with Crippen LogP contribution in [0.3, 0.4) is 0 Å². The molecule has 1 saturated heterocycles. The molecule has 0 saturated carbocycles. The molecule has 1 fully saturated rings. The minimum absolute atomic E-state index is 0.0969. The number of rotatable bonds is 9. The van der Waals surface area contributed by atoms with Crippen molar-refractivity contribution in [2.45, 2.75) is 45.4 Å². The Labute approximate surface area is 147 Å². The van der Waals surface area contributed by atoms with E-state index in [4.69, 9.17) is 4.74 Å². The van der Waals surface area contributed by atoms with E-state index < -0.39 is 17.8 Å². The second-order valence-corrected chi connectivity index (χ2v) is 5.98. The molecule has 134 valence electrons. The van der Waals surface area contributed by atoms with Crippen LogP contribution < -0.4 is 15.4 Å². The molecule has 1 aromatic rings. The third-order valence-corrected chi connectivity index (χ3v) is 3.90. The highest BCUT2D eigenvalue weighted by molar-refractivity contribution is 6.31. The average molecular weight is 344 g/mol. The molecule has 25 heavy (non-hydrogen) atoms. The van der Waals surface area contributed by atoms with Crippen molar-refractivity contribution in [2.75, 3.05) is 6.61 Å². The number of amides is 4. The van der Waals surface area contributed by atoms with Crippen molar-refractivity contribution in [2.24, 2.45) is 0 Å². The van der Waals surface area contributed by atoms with Crippen molar-refractivity contribution in [3.05, 3.63) is 35.4 Å². The number of ether oxygens (including phenoxy) is 1. The standard InChI is InChI=1S/C19H24N2O4/c1-2-3-4-5-6-7-12-25-15-10-8-14(9-11-15)13-16-17(22)20-19(24)21-18(16)23/h8-11,13H,2-7,12H2,1H3,(H2,20,21,22,23,24). The zero-order chi connectivity index (χ0) is 18.1. The van der Waals surface area contributed by atoms with Gasteiger partial charge in [-0.15, -0.1) is 0 Å². The quantitative estimate of drug-likeness (QED) is 0.409. The number of unbranched alkanes of at least 4 members (excludes halogenated alkanes) is 5. The number of nitrogens with one attached hydrogen (secondary N) is 2. The summed E-state index contributed by atoms with van der Waals surface area (Å²) in [4.78, 5) is 34.4.